The van der Waals surface area contributed by atoms with Crippen LogP contribution in [0.2, 0.25) is 0 Å². The Balaban J connectivity index is 2.31. The Labute approximate surface area is 161 Å². The van der Waals surface area contributed by atoms with Crippen LogP contribution < -0.4 is 0 Å². The number of hydrogen-bond donors (Lipinski definition) is 0. The number of amides is 1. The standard InChI is InChI=1S/C23H27NOS/c1-3-5-14-22(21-15-10-7-11-16-21)18-24(23(25)19-26-4-2)17-20-12-8-6-9-13-20/h3,6-13,15-16,18H,1,4-5,14,17,19H2,2H3/b22-18+. The molecule has 0 atom stereocenters. The van der Waals surface area contributed by atoms with Crippen LogP contribution in [0.1, 0.15) is 30.9 Å². The maximum Gasteiger partial charge on any atom is 0.236 e. The first-order valence-electron chi connectivity index (χ1n) is 9.02. The lowest BCUT2D eigenvalue weighted by Gasteiger charge is -2.21. The highest BCUT2D eigenvalue weighted by molar-refractivity contribution is 7.99. The second-order valence-corrected chi connectivity index (χ2v) is 7.27. The quantitative estimate of drug-likeness (QED) is 0.498. The number of rotatable bonds is 10. The molecule has 0 saturated heterocycles. The summed E-state index contributed by atoms with van der Waals surface area (Å²) in [5.41, 5.74) is 3.45. The zero-order valence-electron chi connectivity index (χ0n) is 15.4. The second kappa shape index (κ2) is 11.4. The van der Waals surface area contributed by atoms with Gasteiger partial charge in [-0.1, -0.05) is 73.7 Å². The molecule has 0 N–H and O–H groups in total. The molecule has 0 aliphatic carbocycles. The van der Waals surface area contributed by atoms with Crippen molar-refractivity contribution in [3.63, 3.8) is 0 Å². The van der Waals surface area contributed by atoms with Crippen molar-refractivity contribution in [1.82, 2.24) is 4.90 Å². The van der Waals surface area contributed by atoms with Crippen LogP contribution in [0, 0.1) is 0 Å². The summed E-state index contributed by atoms with van der Waals surface area (Å²) in [7, 11) is 0. The van der Waals surface area contributed by atoms with Gasteiger partial charge in [-0.05, 0) is 35.3 Å². The van der Waals surface area contributed by atoms with Crippen LogP contribution in [-0.4, -0.2) is 22.3 Å². The van der Waals surface area contributed by atoms with Crippen molar-refractivity contribution in [3.05, 3.63) is 90.6 Å². The van der Waals surface area contributed by atoms with Gasteiger partial charge in [-0.3, -0.25) is 4.79 Å². The van der Waals surface area contributed by atoms with Gasteiger partial charge in [0.05, 0.1) is 12.3 Å². The molecule has 136 valence electrons. The highest BCUT2D eigenvalue weighted by Gasteiger charge is 2.13. The van der Waals surface area contributed by atoms with Crippen molar-refractivity contribution in [1.29, 1.82) is 0 Å². The van der Waals surface area contributed by atoms with Crippen LogP contribution in [0.5, 0.6) is 0 Å². The van der Waals surface area contributed by atoms with Gasteiger partial charge in [0.2, 0.25) is 5.91 Å². The summed E-state index contributed by atoms with van der Waals surface area (Å²) in [6, 6.07) is 20.4. The third kappa shape index (κ3) is 6.57. The van der Waals surface area contributed by atoms with Crippen LogP contribution in [0.4, 0.5) is 0 Å². The molecule has 2 aromatic carbocycles. The van der Waals surface area contributed by atoms with Gasteiger partial charge < -0.3 is 4.90 Å². The maximum absolute atomic E-state index is 12.8. The molecule has 0 saturated carbocycles. The Morgan fingerprint density at radius 1 is 1.08 bits per heavy atom. The minimum Gasteiger partial charge on any atom is -0.314 e. The monoisotopic (exact) mass is 365 g/mol. The average molecular weight is 366 g/mol. The predicted molar refractivity (Wildman–Crippen MR) is 114 cm³/mol. The lowest BCUT2D eigenvalue weighted by atomic mass is 10.0. The van der Waals surface area contributed by atoms with Gasteiger partial charge in [-0.2, -0.15) is 11.8 Å². The van der Waals surface area contributed by atoms with E-state index in [0.29, 0.717) is 12.3 Å². The molecule has 0 heterocycles. The van der Waals surface area contributed by atoms with Crippen LogP contribution >= 0.6 is 11.8 Å². The molecule has 0 aliphatic heterocycles. The summed E-state index contributed by atoms with van der Waals surface area (Å²) in [4.78, 5) is 14.7. The first-order valence-corrected chi connectivity index (χ1v) is 10.2. The van der Waals surface area contributed by atoms with Crippen molar-refractivity contribution in [3.8, 4) is 0 Å². The van der Waals surface area contributed by atoms with Crippen molar-refractivity contribution < 1.29 is 4.79 Å². The molecule has 2 nitrogen and oxygen atoms in total. The predicted octanol–water partition coefficient (Wildman–Crippen LogP) is 5.78. The number of allylic oxidation sites excluding steroid dienone is 2. The Morgan fingerprint density at radius 3 is 2.35 bits per heavy atom. The summed E-state index contributed by atoms with van der Waals surface area (Å²) in [5.74, 6) is 1.59. The minimum absolute atomic E-state index is 0.146. The van der Waals surface area contributed by atoms with E-state index in [1.807, 2.05) is 53.6 Å². The van der Waals surface area contributed by atoms with E-state index in [1.54, 1.807) is 11.8 Å². The number of carbonyl (C=O) groups is 1. The van der Waals surface area contributed by atoms with Gasteiger partial charge >= 0.3 is 0 Å². The van der Waals surface area contributed by atoms with Gasteiger partial charge in [-0.25, -0.2) is 0 Å². The average Bonchev–Trinajstić information content (AvgIpc) is 2.69. The van der Waals surface area contributed by atoms with Crippen molar-refractivity contribution >= 4 is 23.2 Å². The number of hydrogen-bond acceptors (Lipinski definition) is 2. The largest absolute Gasteiger partial charge is 0.314 e. The summed E-state index contributed by atoms with van der Waals surface area (Å²) in [6.07, 6.45) is 5.71. The van der Waals surface area contributed by atoms with Gasteiger partial charge in [-0.15, -0.1) is 6.58 Å². The molecule has 0 bridgehead atoms. The van der Waals surface area contributed by atoms with Gasteiger partial charge in [0.1, 0.15) is 0 Å². The van der Waals surface area contributed by atoms with E-state index in [4.69, 9.17) is 0 Å². The van der Waals surface area contributed by atoms with Crippen LogP contribution in [0.15, 0.2) is 79.5 Å². The molecule has 0 aliphatic rings. The van der Waals surface area contributed by atoms with E-state index in [-0.39, 0.29) is 5.91 Å². The highest BCUT2D eigenvalue weighted by atomic mass is 32.2. The smallest absolute Gasteiger partial charge is 0.236 e. The fraction of sp³-hybridized carbons (Fsp3) is 0.261. The van der Waals surface area contributed by atoms with Gasteiger partial charge in [0.15, 0.2) is 0 Å². The molecule has 2 aromatic rings. The molecule has 0 spiro atoms. The maximum atomic E-state index is 12.8. The van der Waals surface area contributed by atoms with E-state index in [2.05, 4.69) is 37.8 Å². The van der Waals surface area contributed by atoms with Crippen LogP contribution in [0.25, 0.3) is 5.57 Å². The molecule has 1 amide bonds. The molecule has 0 aromatic heterocycles. The van der Waals surface area contributed by atoms with Crippen molar-refractivity contribution in [2.24, 2.45) is 0 Å². The van der Waals surface area contributed by atoms with E-state index in [1.165, 1.54) is 0 Å². The van der Waals surface area contributed by atoms with Crippen LogP contribution in [-0.2, 0) is 11.3 Å². The molecule has 3 heteroatoms. The molecule has 0 fully saturated rings. The molecule has 2 rings (SSSR count). The number of thioether (sulfide) groups is 1. The fourth-order valence-corrected chi connectivity index (χ4v) is 3.18. The third-order valence-corrected chi connectivity index (χ3v) is 4.88. The van der Waals surface area contributed by atoms with Crippen molar-refractivity contribution in [2.45, 2.75) is 26.3 Å². The van der Waals surface area contributed by atoms with Crippen LogP contribution in [0.3, 0.4) is 0 Å². The topological polar surface area (TPSA) is 20.3 Å². The summed E-state index contributed by atoms with van der Waals surface area (Å²) in [6.45, 7) is 6.51. The van der Waals surface area contributed by atoms with E-state index < -0.39 is 0 Å². The number of nitrogens with zero attached hydrogens (tertiary/aromatic N) is 1. The summed E-state index contributed by atoms with van der Waals surface area (Å²) in [5, 5.41) is 0. The Morgan fingerprint density at radius 2 is 1.73 bits per heavy atom. The first-order chi connectivity index (χ1) is 12.7. The lowest BCUT2D eigenvalue weighted by Crippen LogP contribution is -2.27. The lowest BCUT2D eigenvalue weighted by molar-refractivity contribution is -0.126. The van der Waals surface area contributed by atoms with E-state index >= 15 is 0 Å². The van der Waals surface area contributed by atoms with E-state index in [0.717, 1.165) is 35.3 Å². The highest BCUT2D eigenvalue weighted by Crippen LogP contribution is 2.22. The molecule has 0 radical (unpaired) electrons. The Kier molecular flexibility index (Phi) is 8.77. The minimum atomic E-state index is 0.146. The summed E-state index contributed by atoms with van der Waals surface area (Å²) >= 11 is 1.66. The number of benzene rings is 2. The SMILES string of the molecule is C=CCC/C(=C\N(Cc1ccccc1)C(=O)CSCC)c1ccccc1. The molecule has 0 unspecified atom stereocenters. The third-order valence-electron chi connectivity index (χ3n) is 4.02. The molecular weight excluding hydrogens is 338 g/mol. The van der Waals surface area contributed by atoms with E-state index in [9.17, 15) is 4.79 Å². The Bertz CT molecular complexity index is 710. The fourth-order valence-electron chi connectivity index (χ4n) is 2.64. The van der Waals surface area contributed by atoms with Gasteiger partial charge in [0.25, 0.3) is 0 Å². The zero-order chi connectivity index (χ0) is 18.6. The normalized spacial score (nSPS) is 11.2. The Hall–Kier alpha value is -2.26. The summed E-state index contributed by atoms with van der Waals surface area (Å²) < 4.78 is 0. The number of carbonyl (C=O) groups excluding carboxylic acids is 1. The molecular formula is C23H27NOS. The first kappa shape index (κ1) is 20.1. The van der Waals surface area contributed by atoms with Crippen molar-refractivity contribution in [2.75, 3.05) is 11.5 Å². The zero-order valence-corrected chi connectivity index (χ0v) is 16.3. The second-order valence-electron chi connectivity index (χ2n) is 5.99. The van der Waals surface area contributed by atoms with Gasteiger partial charge in [0, 0.05) is 6.20 Å². The molecule has 26 heavy (non-hydrogen) atoms.